The van der Waals surface area contributed by atoms with E-state index in [4.69, 9.17) is 0 Å². The lowest BCUT2D eigenvalue weighted by molar-refractivity contribution is -0.384. The highest BCUT2D eigenvalue weighted by Gasteiger charge is 2.12. The normalized spacial score (nSPS) is 10.6. The second-order valence-electron chi connectivity index (χ2n) is 5.41. The SMILES string of the molecule is Cn1nc(CNC(=O)c2ccc([N+](=O)[O-])cc2)c2ccccc2c1=O. The fourth-order valence-electron chi connectivity index (χ4n) is 2.51. The third kappa shape index (κ3) is 3.23. The largest absolute Gasteiger partial charge is 0.346 e. The van der Waals surface area contributed by atoms with Gasteiger partial charge in [-0.05, 0) is 18.2 Å². The van der Waals surface area contributed by atoms with Gasteiger partial charge in [-0.2, -0.15) is 5.10 Å². The Balaban J connectivity index is 1.83. The summed E-state index contributed by atoms with van der Waals surface area (Å²) in [6.45, 7) is 0.129. The van der Waals surface area contributed by atoms with Gasteiger partial charge >= 0.3 is 0 Å². The van der Waals surface area contributed by atoms with Crippen LogP contribution in [-0.4, -0.2) is 20.6 Å². The van der Waals surface area contributed by atoms with Crippen LogP contribution >= 0.6 is 0 Å². The van der Waals surface area contributed by atoms with Crippen molar-refractivity contribution < 1.29 is 9.72 Å². The van der Waals surface area contributed by atoms with Crippen LogP contribution in [0.1, 0.15) is 16.1 Å². The molecule has 2 aromatic carbocycles. The molecule has 126 valence electrons. The number of rotatable bonds is 4. The summed E-state index contributed by atoms with van der Waals surface area (Å²) >= 11 is 0. The molecule has 0 aliphatic carbocycles. The van der Waals surface area contributed by atoms with Crippen molar-refractivity contribution in [2.24, 2.45) is 7.05 Å². The lowest BCUT2D eigenvalue weighted by atomic mass is 10.1. The Hall–Kier alpha value is -3.55. The number of hydrogen-bond acceptors (Lipinski definition) is 5. The molecule has 0 bridgehead atoms. The molecule has 0 unspecified atom stereocenters. The molecule has 1 aromatic heterocycles. The van der Waals surface area contributed by atoms with Crippen molar-refractivity contribution in [2.75, 3.05) is 0 Å². The van der Waals surface area contributed by atoms with E-state index in [-0.39, 0.29) is 23.7 Å². The predicted molar refractivity (Wildman–Crippen MR) is 91.3 cm³/mol. The number of carbonyl (C=O) groups excluding carboxylic acids is 1. The first-order valence-corrected chi connectivity index (χ1v) is 7.45. The van der Waals surface area contributed by atoms with Gasteiger partial charge in [0.15, 0.2) is 0 Å². The number of fused-ring (bicyclic) bond motifs is 1. The maximum atomic E-state index is 12.2. The topological polar surface area (TPSA) is 107 Å². The van der Waals surface area contributed by atoms with Crippen LogP contribution in [0, 0.1) is 10.1 Å². The molecule has 3 rings (SSSR count). The van der Waals surface area contributed by atoms with Gasteiger partial charge in [0, 0.05) is 30.1 Å². The first-order valence-electron chi connectivity index (χ1n) is 7.45. The minimum absolute atomic E-state index is 0.0812. The minimum atomic E-state index is -0.526. The highest BCUT2D eigenvalue weighted by Crippen LogP contribution is 2.14. The lowest BCUT2D eigenvalue weighted by Gasteiger charge is -2.09. The Morgan fingerprint density at radius 1 is 1.16 bits per heavy atom. The van der Waals surface area contributed by atoms with Crippen molar-refractivity contribution >= 4 is 22.4 Å². The van der Waals surface area contributed by atoms with E-state index in [9.17, 15) is 19.7 Å². The summed E-state index contributed by atoms with van der Waals surface area (Å²) in [5, 5.41) is 18.8. The van der Waals surface area contributed by atoms with Gasteiger partial charge in [0.2, 0.25) is 0 Å². The van der Waals surface area contributed by atoms with Gasteiger partial charge < -0.3 is 5.32 Å². The lowest BCUT2D eigenvalue weighted by Crippen LogP contribution is -2.27. The number of carbonyl (C=O) groups is 1. The van der Waals surface area contributed by atoms with Gasteiger partial charge in [-0.15, -0.1) is 0 Å². The smallest absolute Gasteiger partial charge is 0.274 e. The molecular weight excluding hydrogens is 324 g/mol. The predicted octanol–water partition coefficient (Wildman–Crippen LogP) is 1.77. The summed E-state index contributed by atoms with van der Waals surface area (Å²) in [7, 11) is 1.55. The zero-order valence-electron chi connectivity index (χ0n) is 13.3. The van der Waals surface area contributed by atoms with Crippen LogP contribution in [0.5, 0.6) is 0 Å². The number of hydrogen-bond donors (Lipinski definition) is 1. The number of amides is 1. The molecule has 1 heterocycles. The Labute approximate surface area is 141 Å². The first-order chi connectivity index (χ1) is 12.0. The van der Waals surface area contributed by atoms with Crippen LogP contribution in [0.15, 0.2) is 53.3 Å². The van der Waals surface area contributed by atoms with Crippen molar-refractivity contribution in [3.8, 4) is 0 Å². The molecule has 25 heavy (non-hydrogen) atoms. The van der Waals surface area contributed by atoms with E-state index in [0.717, 1.165) is 0 Å². The van der Waals surface area contributed by atoms with E-state index in [0.29, 0.717) is 22.0 Å². The molecule has 0 atom stereocenters. The van der Waals surface area contributed by atoms with Crippen LogP contribution in [-0.2, 0) is 13.6 Å². The maximum absolute atomic E-state index is 12.2. The Morgan fingerprint density at radius 3 is 2.44 bits per heavy atom. The Bertz CT molecular complexity index is 1020. The molecule has 0 radical (unpaired) electrons. The van der Waals surface area contributed by atoms with Crippen molar-refractivity contribution in [1.29, 1.82) is 0 Å². The van der Waals surface area contributed by atoms with E-state index >= 15 is 0 Å². The summed E-state index contributed by atoms with van der Waals surface area (Å²) in [4.78, 5) is 34.4. The zero-order chi connectivity index (χ0) is 18.0. The van der Waals surface area contributed by atoms with Gasteiger partial charge in [0.1, 0.15) is 0 Å². The van der Waals surface area contributed by atoms with Crippen LogP contribution in [0.3, 0.4) is 0 Å². The molecule has 1 amide bonds. The Morgan fingerprint density at radius 2 is 1.80 bits per heavy atom. The maximum Gasteiger partial charge on any atom is 0.274 e. The van der Waals surface area contributed by atoms with E-state index in [2.05, 4.69) is 10.4 Å². The molecule has 8 nitrogen and oxygen atoms in total. The van der Waals surface area contributed by atoms with E-state index in [1.807, 2.05) is 0 Å². The van der Waals surface area contributed by atoms with Crippen LogP contribution < -0.4 is 10.9 Å². The third-order valence-electron chi connectivity index (χ3n) is 3.79. The molecule has 0 aliphatic heterocycles. The molecule has 0 aliphatic rings. The molecule has 0 saturated carbocycles. The minimum Gasteiger partial charge on any atom is -0.346 e. The fourth-order valence-corrected chi connectivity index (χ4v) is 2.51. The second kappa shape index (κ2) is 6.52. The van der Waals surface area contributed by atoms with E-state index in [1.165, 1.54) is 28.9 Å². The number of nitrogens with zero attached hydrogens (tertiary/aromatic N) is 3. The number of nitro benzene ring substituents is 1. The average Bonchev–Trinajstić information content (AvgIpc) is 2.63. The summed E-state index contributed by atoms with van der Waals surface area (Å²) in [5.41, 5.74) is 0.580. The number of nitrogens with one attached hydrogen (secondary N) is 1. The molecule has 3 aromatic rings. The number of nitro groups is 1. The summed E-state index contributed by atoms with van der Waals surface area (Å²) in [6.07, 6.45) is 0. The van der Waals surface area contributed by atoms with Crippen LogP contribution in [0.25, 0.3) is 10.8 Å². The van der Waals surface area contributed by atoms with Gasteiger partial charge in [-0.3, -0.25) is 19.7 Å². The van der Waals surface area contributed by atoms with Gasteiger partial charge in [-0.25, -0.2) is 4.68 Å². The summed E-state index contributed by atoms with van der Waals surface area (Å²) in [5.74, 6) is -0.380. The van der Waals surface area contributed by atoms with E-state index < -0.39 is 4.92 Å². The number of benzene rings is 2. The van der Waals surface area contributed by atoms with E-state index in [1.54, 1.807) is 31.3 Å². The van der Waals surface area contributed by atoms with Crippen molar-refractivity contribution in [3.63, 3.8) is 0 Å². The number of aryl methyl sites for hydroxylation is 1. The fraction of sp³-hybridized carbons (Fsp3) is 0.118. The van der Waals surface area contributed by atoms with Crippen molar-refractivity contribution in [3.05, 3.63) is 80.3 Å². The first kappa shape index (κ1) is 16.3. The monoisotopic (exact) mass is 338 g/mol. The van der Waals surface area contributed by atoms with Crippen molar-refractivity contribution in [2.45, 2.75) is 6.54 Å². The summed E-state index contributed by atoms with van der Waals surface area (Å²) in [6, 6.07) is 12.4. The number of non-ortho nitro benzene ring substituents is 1. The van der Waals surface area contributed by atoms with Crippen LogP contribution in [0.4, 0.5) is 5.69 Å². The Kier molecular flexibility index (Phi) is 4.25. The third-order valence-corrected chi connectivity index (χ3v) is 3.79. The molecular formula is C17H14N4O4. The molecule has 0 spiro atoms. The molecule has 0 saturated heterocycles. The quantitative estimate of drug-likeness (QED) is 0.576. The zero-order valence-corrected chi connectivity index (χ0v) is 13.3. The van der Waals surface area contributed by atoms with Gasteiger partial charge in [0.25, 0.3) is 17.2 Å². The number of aromatic nitrogens is 2. The molecule has 1 N–H and O–H groups in total. The molecule has 8 heteroatoms. The van der Waals surface area contributed by atoms with Gasteiger partial charge in [0.05, 0.1) is 22.5 Å². The average molecular weight is 338 g/mol. The molecule has 0 fully saturated rings. The van der Waals surface area contributed by atoms with Gasteiger partial charge in [-0.1, -0.05) is 18.2 Å². The van der Waals surface area contributed by atoms with Crippen molar-refractivity contribution in [1.82, 2.24) is 15.1 Å². The highest BCUT2D eigenvalue weighted by molar-refractivity contribution is 5.94. The highest BCUT2D eigenvalue weighted by atomic mass is 16.6. The second-order valence-corrected chi connectivity index (χ2v) is 5.41. The summed E-state index contributed by atoms with van der Waals surface area (Å²) < 4.78 is 1.23. The standard InChI is InChI=1S/C17H14N4O4/c1-20-17(23)14-5-3-2-4-13(14)15(19-20)10-18-16(22)11-6-8-12(9-7-11)21(24)25/h2-9H,10H2,1H3,(H,18,22). The van der Waals surface area contributed by atoms with Crippen LogP contribution in [0.2, 0.25) is 0 Å².